The molecule has 1 saturated heterocycles. The molecule has 1 aromatic carbocycles. The number of fused-ring (bicyclic) bond motifs is 2. The Morgan fingerprint density at radius 1 is 1.12 bits per heavy atom. The second-order valence-electron chi connectivity index (χ2n) is 9.01. The van der Waals surface area contributed by atoms with Crippen LogP contribution in [0.3, 0.4) is 0 Å². The highest BCUT2D eigenvalue weighted by molar-refractivity contribution is 9.11. The molecular weight excluding hydrogens is 372 g/mol. The Morgan fingerprint density at radius 2 is 1.88 bits per heavy atom. The molecular formula is C23H27BrO. The van der Waals surface area contributed by atoms with Crippen LogP contribution in [0.2, 0.25) is 0 Å². The Labute approximate surface area is 160 Å². The summed E-state index contributed by atoms with van der Waals surface area (Å²) in [6.45, 7) is 9.54. The van der Waals surface area contributed by atoms with Gasteiger partial charge in [0.25, 0.3) is 0 Å². The highest BCUT2D eigenvalue weighted by Gasteiger charge is 2.38. The van der Waals surface area contributed by atoms with Crippen molar-refractivity contribution in [1.82, 2.24) is 0 Å². The fourth-order valence-electron chi connectivity index (χ4n) is 4.60. The predicted molar refractivity (Wildman–Crippen MR) is 109 cm³/mol. The van der Waals surface area contributed by atoms with Gasteiger partial charge in [0, 0.05) is 16.8 Å². The van der Waals surface area contributed by atoms with Crippen molar-refractivity contribution in [2.45, 2.75) is 63.9 Å². The first-order valence-corrected chi connectivity index (χ1v) is 10.1. The van der Waals surface area contributed by atoms with Crippen LogP contribution in [0.25, 0.3) is 6.08 Å². The van der Waals surface area contributed by atoms with Crippen LogP contribution in [0.15, 0.2) is 46.7 Å². The van der Waals surface area contributed by atoms with E-state index in [1.807, 2.05) is 0 Å². The van der Waals surface area contributed by atoms with Crippen LogP contribution < -0.4 is 0 Å². The zero-order chi connectivity index (χ0) is 17.8. The number of benzene rings is 1. The molecule has 1 aromatic rings. The van der Waals surface area contributed by atoms with Gasteiger partial charge >= 0.3 is 0 Å². The van der Waals surface area contributed by atoms with Crippen LogP contribution in [-0.4, -0.2) is 6.10 Å². The summed E-state index contributed by atoms with van der Waals surface area (Å²) in [4.78, 5) is 0. The lowest BCUT2D eigenvalue weighted by Gasteiger charge is -2.42. The third-order valence-corrected chi connectivity index (χ3v) is 6.69. The standard InChI is InChI=1S/C23H27BrO/c1-22(2)10-11-23(3,4)21-15(6-5-7-19(21)22)13-18-14-16-12-17(24)8-9-20(16)25-18/h5-9,12-13,16,20H,10-11,14H2,1-4H3. The van der Waals surface area contributed by atoms with E-state index in [-0.39, 0.29) is 16.9 Å². The van der Waals surface area contributed by atoms with E-state index in [9.17, 15) is 0 Å². The van der Waals surface area contributed by atoms with E-state index in [4.69, 9.17) is 4.74 Å². The SMILES string of the molecule is CC1(C)CCC(C)(C)c2c(C=C3CC4C=C(Br)C=CC4O3)cccc21. The summed E-state index contributed by atoms with van der Waals surface area (Å²) in [6.07, 6.45) is 12.5. The summed E-state index contributed by atoms with van der Waals surface area (Å²) >= 11 is 3.59. The first kappa shape index (κ1) is 17.1. The highest BCUT2D eigenvalue weighted by atomic mass is 79.9. The van der Waals surface area contributed by atoms with Crippen LogP contribution in [0.4, 0.5) is 0 Å². The van der Waals surface area contributed by atoms with Gasteiger partial charge in [0.15, 0.2) is 0 Å². The molecule has 2 unspecified atom stereocenters. The average Bonchev–Trinajstić information content (AvgIpc) is 2.93. The van der Waals surface area contributed by atoms with Crippen molar-refractivity contribution < 1.29 is 4.74 Å². The van der Waals surface area contributed by atoms with E-state index in [2.05, 4.69) is 86.1 Å². The van der Waals surface area contributed by atoms with Crippen LogP contribution in [0.5, 0.6) is 0 Å². The van der Waals surface area contributed by atoms with E-state index >= 15 is 0 Å². The van der Waals surface area contributed by atoms with Gasteiger partial charge in [0.1, 0.15) is 6.10 Å². The maximum atomic E-state index is 6.24. The van der Waals surface area contributed by atoms with Gasteiger partial charge in [-0.25, -0.2) is 0 Å². The molecule has 1 heterocycles. The zero-order valence-electron chi connectivity index (χ0n) is 15.6. The van der Waals surface area contributed by atoms with E-state index in [1.165, 1.54) is 34.0 Å². The summed E-state index contributed by atoms with van der Waals surface area (Å²) < 4.78 is 7.40. The molecule has 1 nitrogen and oxygen atoms in total. The molecule has 2 atom stereocenters. The Kier molecular flexibility index (Phi) is 4.03. The number of halogens is 1. The molecule has 3 aliphatic rings. The third kappa shape index (κ3) is 3.03. The van der Waals surface area contributed by atoms with Gasteiger partial charge in [-0.2, -0.15) is 0 Å². The molecule has 1 aliphatic heterocycles. The van der Waals surface area contributed by atoms with Crippen molar-refractivity contribution in [3.05, 3.63) is 63.4 Å². The van der Waals surface area contributed by atoms with Crippen LogP contribution in [0, 0.1) is 5.92 Å². The molecule has 4 rings (SSSR count). The number of allylic oxidation sites excluding steroid dienone is 3. The smallest absolute Gasteiger partial charge is 0.123 e. The second kappa shape index (κ2) is 5.87. The van der Waals surface area contributed by atoms with Crippen molar-refractivity contribution in [3.8, 4) is 0 Å². The maximum Gasteiger partial charge on any atom is 0.123 e. The minimum absolute atomic E-state index is 0.191. The van der Waals surface area contributed by atoms with Crippen molar-refractivity contribution in [3.63, 3.8) is 0 Å². The Morgan fingerprint density at radius 3 is 2.68 bits per heavy atom. The van der Waals surface area contributed by atoms with Crippen LogP contribution >= 0.6 is 15.9 Å². The van der Waals surface area contributed by atoms with Crippen LogP contribution in [-0.2, 0) is 15.6 Å². The molecule has 0 N–H and O–H groups in total. The summed E-state index contributed by atoms with van der Waals surface area (Å²) in [5, 5.41) is 0. The second-order valence-corrected chi connectivity index (χ2v) is 9.93. The Bertz CT molecular complexity index is 794. The quantitative estimate of drug-likeness (QED) is 0.515. The fourth-order valence-corrected chi connectivity index (χ4v) is 5.09. The molecule has 0 bridgehead atoms. The predicted octanol–water partition coefficient (Wildman–Crippen LogP) is 6.63. The largest absolute Gasteiger partial charge is 0.490 e. The molecule has 2 aliphatic carbocycles. The van der Waals surface area contributed by atoms with Gasteiger partial charge in [-0.05, 0) is 58.6 Å². The molecule has 0 amide bonds. The molecule has 25 heavy (non-hydrogen) atoms. The topological polar surface area (TPSA) is 9.23 Å². The molecule has 2 heteroatoms. The number of hydrogen-bond donors (Lipinski definition) is 0. The molecule has 132 valence electrons. The minimum Gasteiger partial charge on any atom is -0.490 e. The lowest BCUT2D eigenvalue weighted by molar-refractivity contribution is 0.186. The molecule has 0 spiro atoms. The number of hydrogen-bond acceptors (Lipinski definition) is 1. The minimum atomic E-state index is 0.191. The van der Waals surface area contributed by atoms with Gasteiger partial charge in [-0.3, -0.25) is 0 Å². The zero-order valence-corrected chi connectivity index (χ0v) is 17.2. The number of rotatable bonds is 1. The molecule has 0 aromatic heterocycles. The summed E-state index contributed by atoms with van der Waals surface area (Å²) in [5.74, 6) is 1.57. The first-order chi connectivity index (χ1) is 11.8. The summed E-state index contributed by atoms with van der Waals surface area (Å²) in [6, 6.07) is 6.81. The van der Waals surface area contributed by atoms with Crippen molar-refractivity contribution in [2.75, 3.05) is 0 Å². The van der Waals surface area contributed by atoms with E-state index in [1.54, 1.807) is 0 Å². The van der Waals surface area contributed by atoms with Crippen molar-refractivity contribution in [2.24, 2.45) is 5.92 Å². The normalized spacial score (nSPS) is 30.4. The average molecular weight is 399 g/mol. The van der Waals surface area contributed by atoms with E-state index in [0.29, 0.717) is 5.92 Å². The highest BCUT2D eigenvalue weighted by Crippen LogP contribution is 2.48. The number of ether oxygens (including phenoxy) is 1. The summed E-state index contributed by atoms with van der Waals surface area (Å²) in [7, 11) is 0. The van der Waals surface area contributed by atoms with Gasteiger partial charge in [-0.15, -0.1) is 0 Å². The molecule has 0 radical (unpaired) electrons. The lowest BCUT2D eigenvalue weighted by atomic mass is 9.62. The van der Waals surface area contributed by atoms with E-state index in [0.717, 1.165) is 12.2 Å². The van der Waals surface area contributed by atoms with Gasteiger partial charge < -0.3 is 4.74 Å². The van der Waals surface area contributed by atoms with E-state index < -0.39 is 0 Å². The lowest BCUT2D eigenvalue weighted by Crippen LogP contribution is -2.34. The summed E-state index contributed by atoms with van der Waals surface area (Å²) in [5.41, 5.74) is 4.84. The first-order valence-electron chi connectivity index (χ1n) is 9.33. The Balaban J connectivity index is 1.75. The third-order valence-electron chi connectivity index (χ3n) is 6.16. The van der Waals surface area contributed by atoms with Crippen molar-refractivity contribution in [1.29, 1.82) is 0 Å². The molecule has 0 saturated carbocycles. The van der Waals surface area contributed by atoms with Gasteiger partial charge in [0.05, 0.1) is 5.76 Å². The maximum absolute atomic E-state index is 6.24. The molecule has 1 fully saturated rings. The fraction of sp³-hybridized carbons (Fsp3) is 0.478. The van der Waals surface area contributed by atoms with Crippen molar-refractivity contribution >= 4 is 22.0 Å². The Hall–Kier alpha value is -1.28. The monoisotopic (exact) mass is 398 g/mol. The van der Waals surface area contributed by atoms with Gasteiger partial charge in [0.2, 0.25) is 0 Å². The van der Waals surface area contributed by atoms with Crippen LogP contribution in [0.1, 0.15) is 63.6 Å². The van der Waals surface area contributed by atoms with Gasteiger partial charge in [-0.1, -0.05) is 67.9 Å².